The number of nitrogens with zero attached hydrogens (tertiary/aromatic N) is 3. The lowest BCUT2D eigenvalue weighted by atomic mass is 10.1. The predicted molar refractivity (Wildman–Crippen MR) is 121 cm³/mol. The van der Waals surface area contributed by atoms with Crippen LogP contribution in [0.4, 0.5) is 11.6 Å². The Balaban J connectivity index is 1.38. The first kappa shape index (κ1) is 19.3. The van der Waals surface area contributed by atoms with Crippen LogP contribution in [-0.4, -0.2) is 26.6 Å². The average Bonchev–Trinajstić information content (AvgIpc) is 3.21. The molecule has 0 unspecified atom stereocenters. The fraction of sp³-hybridized carbons (Fsp3) is 0.130. The molecule has 0 spiro atoms. The molecule has 1 aliphatic rings. The van der Waals surface area contributed by atoms with Gasteiger partial charge in [0.05, 0.1) is 6.42 Å². The number of carbonyl (C=O) groups excluding carboxylic acids is 2. The zero-order valence-electron chi connectivity index (χ0n) is 16.5. The van der Waals surface area contributed by atoms with E-state index in [0.717, 1.165) is 16.3 Å². The van der Waals surface area contributed by atoms with Gasteiger partial charge in [0.1, 0.15) is 6.04 Å². The minimum atomic E-state index is -0.763. The number of rotatable bonds is 5. The van der Waals surface area contributed by atoms with Crippen molar-refractivity contribution in [2.45, 2.75) is 23.4 Å². The zero-order valence-corrected chi connectivity index (χ0v) is 17.3. The summed E-state index contributed by atoms with van der Waals surface area (Å²) in [6, 6.07) is 22.8. The van der Waals surface area contributed by atoms with Crippen LogP contribution in [0.25, 0.3) is 10.8 Å². The lowest BCUT2D eigenvalue weighted by Gasteiger charge is -2.22. The lowest BCUT2D eigenvalue weighted by molar-refractivity contribution is -0.125. The molecular formula is C23H19N5O2S. The van der Waals surface area contributed by atoms with Gasteiger partial charge in [-0.2, -0.15) is 4.98 Å². The molecule has 0 bridgehead atoms. The van der Waals surface area contributed by atoms with Gasteiger partial charge in [-0.1, -0.05) is 78.5 Å². The molecule has 1 aromatic heterocycles. The van der Waals surface area contributed by atoms with Crippen molar-refractivity contribution in [1.29, 1.82) is 0 Å². The van der Waals surface area contributed by atoms with Crippen molar-refractivity contribution < 1.29 is 9.59 Å². The van der Waals surface area contributed by atoms with E-state index in [9.17, 15) is 9.59 Å². The molecule has 1 aliphatic heterocycles. The Morgan fingerprint density at radius 3 is 2.71 bits per heavy atom. The first-order valence-corrected chi connectivity index (χ1v) is 10.9. The topological polar surface area (TPSA) is 88.9 Å². The highest BCUT2D eigenvalue weighted by Gasteiger charge is 2.33. The third-order valence-corrected chi connectivity index (χ3v) is 6.01. The number of fused-ring (bicyclic) bond motifs is 2. The first-order valence-electron chi connectivity index (χ1n) is 9.89. The van der Waals surface area contributed by atoms with Gasteiger partial charge in [-0.15, -0.1) is 5.10 Å². The predicted octanol–water partition coefficient (Wildman–Crippen LogP) is 4.25. The molecule has 0 saturated heterocycles. The van der Waals surface area contributed by atoms with Crippen molar-refractivity contribution in [1.82, 2.24) is 14.8 Å². The second-order valence-corrected chi connectivity index (χ2v) is 8.16. The summed E-state index contributed by atoms with van der Waals surface area (Å²) in [5, 5.41) is 12.7. The lowest BCUT2D eigenvalue weighted by Crippen LogP contribution is -2.36. The second kappa shape index (κ2) is 8.23. The summed E-state index contributed by atoms with van der Waals surface area (Å²) in [4.78, 5) is 29.7. The molecule has 7 nitrogen and oxygen atoms in total. The van der Waals surface area contributed by atoms with Gasteiger partial charge < -0.3 is 5.32 Å². The van der Waals surface area contributed by atoms with Gasteiger partial charge in [-0.3, -0.25) is 14.9 Å². The van der Waals surface area contributed by atoms with Crippen molar-refractivity contribution in [3.63, 3.8) is 0 Å². The van der Waals surface area contributed by atoms with Crippen LogP contribution >= 0.6 is 11.8 Å². The normalized spacial score (nSPS) is 15.4. The van der Waals surface area contributed by atoms with E-state index in [1.165, 1.54) is 16.4 Å². The molecule has 0 fully saturated rings. The van der Waals surface area contributed by atoms with Gasteiger partial charge in [-0.05, 0) is 17.0 Å². The minimum absolute atomic E-state index is 0.00967. The summed E-state index contributed by atoms with van der Waals surface area (Å²) in [5.74, 6) is 0.449. The average molecular weight is 430 g/mol. The molecule has 2 N–H and O–H groups in total. The van der Waals surface area contributed by atoms with E-state index in [4.69, 9.17) is 0 Å². The number of anilines is 2. The van der Waals surface area contributed by atoms with Gasteiger partial charge in [-0.25, -0.2) is 4.68 Å². The number of nitrogens with one attached hydrogen (secondary N) is 2. The highest BCUT2D eigenvalue weighted by atomic mass is 32.2. The van der Waals surface area contributed by atoms with Crippen LogP contribution < -0.4 is 10.6 Å². The third kappa shape index (κ3) is 4.02. The summed E-state index contributed by atoms with van der Waals surface area (Å²) in [6.07, 6.45) is 0.00967. The van der Waals surface area contributed by atoms with Crippen LogP contribution in [-0.2, 0) is 15.3 Å². The number of hydrogen-bond donors (Lipinski definition) is 2. The molecule has 3 aromatic carbocycles. The second-order valence-electron chi connectivity index (χ2n) is 7.22. The van der Waals surface area contributed by atoms with Crippen molar-refractivity contribution in [3.8, 4) is 0 Å². The largest absolute Gasteiger partial charge is 0.324 e. The minimum Gasteiger partial charge on any atom is -0.324 e. The van der Waals surface area contributed by atoms with E-state index >= 15 is 0 Å². The Bertz CT molecular complexity index is 1270. The van der Waals surface area contributed by atoms with E-state index in [0.29, 0.717) is 22.5 Å². The van der Waals surface area contributed by atoms with Gasteiger partial charge in [0.2, 0.25) is 22.9 Å². The Hall–Kier alpha value is -3.65. The van der Waals surface area contributed by atoms with Crippen LogP contribution in [0.2, 0.25) is 0 Å². The maximum absolute atomic E-state index is 13.1. The van der Waals surface area contributed by atoms with E-state index in [1.807, 2.05) is 72.8 Å². The number of carbonyl (C=O) groups is 2. The number of thioether (sulfide) groups is 1. The number of benzene rings is 3. The van der Waals surface area contributed by atoms with E-state index in [-0.39, 0.29) is 18.2 Å². The van der Waals surface area contributed by atoms with Crippen LogP contribution in [0.5, 0.6) is 0 Å². The quantitative estimate of drug-likeness (QED) is 0.463. The fourth-order valence-corrected chi connectivity index (χ4v) is 4.37. The molecule has 4 aromatic rings. The van der Waals surface area contributed by atoms with Gasteiger partial charge in [0.15, 0.2) is 0 Å². The standard InChI is InChI=1S/C23H19N5O2S/c29-20-13-19(21(30)24-18-12-6-10-16-9-4-5-11-17(16)18)28-22(25-20)26-23(27-28)31-14-15-7-2-1-3-8-15/h1-12,19H,13-14H2,(H,24,30)(H,25,26,27,29)/t19-/m0/s1. The Labute approximate surface area is 182 Å². The molecule has 154 valence electrons. The van der Waals surface area contributed by atoms with Crippen molar-refractivity contribution >= 4 is 46.0 Å². The van der Waals surface area contributed by atoms with Crippen molar-refractivity contribution in [2.75, 3.05) is 10.6 Å². The monoisotopic (exact) mass is 429 g/mol. The molecule has 2 heterocycles. The molecular weight excluding hydrogens is 410 g/mol. The number of amides is 2. The third-order valence-electron chi connectivity index (χ3n) is 5.10. The maximum atomic E-state index is 13.1. The van der Waals surface area contributed by atoms with Gasteiger partial charge >= 0.3 is 0 Å². The highest BCUT2D eigenvalue weighted by molar-refractivity contribution is 7.98. The van der Waals surface area contributed by atoms with Crippen LogP contribution in [0.3, 0.4) is 0 Å². The molecule has 2 amide bonds. The molecule has 0 aliphatic carbocycles. The molecule has 5 rings (SSSR count). The smallest absolute Gasteiger partial charge is 0.249 e. The summed E-state index contributed by atoms with van der Waals surface area (Å²) in [7, 11) is 0. The molecule has 8 heteroatoms. The Morgan fingerprint density at radius 1 is 1.06 bits per heavy atom. The summed E-state index contributed by atoms with van der Waals surface area (Å²) < 4.78 is 1.51. The van der Waals surface area contributed by atoms with E-state index in [2.05, 4.69) is 20.7 Å². The van der Waals surface area contributed by atoms with E-state index < -0.39 is 6.04 Å². The maximum Gasteiger partial charge on any atom is 0.249 e. The highest BCUT2D eigenvalue weighted by Crippen LogP contribution is 2.29. The summed E-state index contributed by atoms with van der Waals surface area (Å²) in [6.45, 7) is 0. The van der Waals surface area contributed by atoms with Crippen molar-refractivity contribution in [3.05, 3.63) is 78.4 Å². The molecule has 31 heavy (non-hydrogen) atoms. The zero-order chi connectivity index (χ0) is 21.2. The fourth-order valence-electron chi connectivity index (χ4n) is 3.58. The van der Waals surface area contributed by atoms with Gasteiger partial charge in [0.25, 0.3) is 0 Å². The summed E-state index contributed by atoms with van der Waals surface area (Å²) in [5.41, 5.74) is 1.85. The van der Waals surface area contributed by atoms with Crippen LogP contribution in [0, 0.1) is 0 Å². The Morgan fingerprint density at radius 2 is 1.84 bits per heavy atom. The molecule has 0 saturated carbocycles. The SMILES string of the molecule is O=C1C[C@@H](C(=O)Nc2cccc3ccccc23)n2nc(SCc3ccccc3)nc2N1. The number of hydrogen-bond acceptors (Lipinski definition) is 5. The summed E-state index contributed by atoms with van der Waals surface area (Å²) >= 11 is 1.46. The van der Waals surface area contributed by atoms with E-state index in [1.54, 1.807) is 0 Å². The van der Waals surface area contributed by atoms with Gasteiger partial charge in [0, 0.05) is 16.8 Å². The molecule has 0 radical (unpaired) electrons. The first-order chi connectivity index (χ1) is 15.2. The number of aromatic nitrogens is 3. The molecule has 1 atom stereocenters. The Kier molecular flexibility index (Phi) is 5.13. The van der Waals surface area contributed by atoms with Crippen LogP contribution in [0.15, 0.2) is 78.0 Å². The van der Waals surface area contributed by atoms with Crippen LogP contribution in [0.1, 0.15) is 18.0 Å². The van der Waals surface area contributed by atoms with Crippen molar-refractivity contribution in [2.24, 2.45) is 0 Å².